The summed E-state index contributed by atoms with van der Waals surface area (Å²) >= 11 is 0. The second kappa shape index (κ2) is 6.68. The van der Waals surface area contributed by atoms with Crippen LogP contribution < -0.4 is 4.72 Å². The van der Waals surface area contributed by atoms with Crippen LogP contribution in [0, 0.1) is 6.92 Å². The highest BCUT2D eigenvalue weighted by atomic mass is 32.2. The molecule has 0 aromatic carbocycles. The number of carboxylic acids is 2. The molecular weight excluding hydrogens is 302 g/mol. The number of nitrogens with one attached hydrogen (secondary N) is 1. The minimum absolute atomic E-state index is 0.329. The average Bonchev–Trinajstić information content (AvgIpc) is 2.70. The fourth-order valence-corrected chi connectivity index (χ4v) is 2.88. The van der Waals surface area contributed by atoms with Crippen molar-refractivity contribution < 1.29 is 28.2 Å². The minimum atomic E-state index is -4.20. The maximum Gasteiger partial charge on any atom is 0.322 e. The third-order valence-electron chi connectivity index (χ3n) is 2.67. The summed E-state index contributed by atoms with van der Waals surface area (Å²) in [5, 5.41) is 17.1. The predicted molar refractivity (Wildman–Crippen MR) is 71.3 cm³/mol. The van der Waals surface area contributed by atoms with Crippen molar-refractivity contribution >= 4 is 22.0 Å². The van der Waals surface area contributed by atoms with Crippen LogP contribution in [0.1, 0.15) is 25.6 Å². The van der Waals surface area contributed by atoms with E-state index in [4.69, 9.17) is 10.2 Å². The molecule has 1 aromatic heterocycles. The van der Waals surface area contributed by atoms with Crippen molar-refractivity contribution in [3.05, 3.63) is 12.0 Å². The van der Waals surface area contributed by atoms with E-state index in [-0.39, 0.29) is 5.03 Å². The van der Waals surface area contributed by atoms with Crippen molar-refractivity contribution in [1.29, 1.82) is 0 Å². The zero-order valence-corrected chi connectivity index (χ0v) is 12.4. The number of hydrogen-bond donors (Lipinski definition) is 3. The molecule has 0 radical (unpaired) electrons. The van der Waals surface area contributed by atoms with Gasteiger partial charge in [0.25, 0.3) is 10.0 Å². The Morgan fingerprint density at radius 1 is 1.43 bits per heavy atom. The van der Waals surface area contributed by atoms with Crippen LogP contribution in [0.5, 0.6) is 0 Å². The summed E-state index contributed by atoms with van der Waals surface area (Å²) in [7, 11) is -4.20. The molecule has 0 aliphatic heterocycles. The number of rotatable bonds is 8. The summed E-state index contributed by atoms with van der Waals surface area (Å²) in [6.45, 7) is 4.12. The number of imidazole rings is 1. The number of nitrogens with zero attached hydrogens (tertiary/aromatic N) is 2. The minimum Gasteiger partial charge on any atom is -0.481 e. The lowest BCUT2D eigenvalue weighted by molar-refractivity contribution is -0.145. The van der Waals surface area contributed by atoms with Crippen LogP contribution in [-0.2, 0) is 26.2 Å². The molecule has 3 N–H and O–H groups in total. The molecule has 1 aromatic rings. The van der Waals surface area contributed by atoms with Gasteiger partial charge in [0, 0.05) is 12.7 Å². The first kappa shape index (κ1) is 17.1. The fourth-order valence-electron chi connectivity index (χ4n) is 1.68. The molecule has 1 rings (SSSR count). The zero-order valence-electron chi connectivity index (χ0n) is 11.6. The Kier molecular flexibility index (Phi) is 5.44. The number of aliphatic carboxylic acids is 2. The van der Waals surface area contributed by atoms with Crippen LogP contribution in [0.4, 0.5) is 0 Å². The van der Waals surface area contributed by atoms with Crippen LogP contribution in [0.25, 0.3) is 0 Å². The van der Waals surface area contributed by atoms with Gasteiger partial charge in [0.15, 0.2) is 5.03 Å². The van der Waals surface area contributed by atoms with Gasteiger partial charge in [-0.2, -0.15) is 4.72 Å². The predicted octanol–water partition coefficient (Wildman–Crippen LogP) is -0.192. The molecule has 1 heterocycles. The van der Waals surface area contributed by atoms with E-state index in [9.17, 15) is 18.0 Å². The molecule has 0 bridgehead atoms. The average molecular weight is 319 g/mol. The van der Waals surface area contributed by atoms with Gasteiger partial charge in [-0.15, -0.1) is 0 Å². The standard InChI is InChI=1S/C11H17N3O6S/c1-3-4-14-6-9(12-7(14)2)21(19,20)13-8(11(17)18)5-10(15)16/h6,8,13H,3-5H2,1-2H3,(H,15,16)(H,17,18)/t8-/m1/s1. The summed E-state index contributed by atoms with van der Waals surface area (Å²) in [6, 6.07) is -1.75. The lowest BCUT2D eigenvalue weighted by Crippen LogP contribution is -2.42. The number of carbonyl (C=O) groups is 2. The van der Waals surface area contributed by atoms with E-state index in [1.165, 1.54) is 6.20 Å². The monoisotopic (exact) mass is 319 g/mol. The Labute approximate surface area is 121 Å². The van der Waals surface area contributed by atoms with Crippen molar-refractivity contribution in [2.75, 3.05) is 0 Å². The fraction of sp³-hybridized carbons (Fsp3) is 0.545. The zero-order chi connectivity index (χ0) is 16.2. The quantitative estimate of drug-likeness (QED) is 0.603. The molecule has 0 saturated carbocycles. The summed E-state index contributed by atoms with van der Waals surface area (Å²) in [5.41, 5.74) is 0. The number of hydrogen-bond acceptors (Lipinski definition) is 5. The van der Waals surface area contributed by atoms with Crippen LogP contribution >= 0.6 is 0 Å². The van der Waals surface area contributed by atoms with E-state index < -0.39 is 34.4 Å². The lowest BCUT2D eigenvalue weighted by atomic mass is 10.2. The van der Waals surface area contributed by atoms with Crippen molar-refractivity contribution in [2.45, 2.75) is 44.3 Å². The number of sulfonamides is 1. The second-order valence-corrected chi connectivity index (χ2v) is 6.09. The molecule has 0 saturated heterocycles. The van der Waals surface area contributed by atoms with E-state index >= 15 is 0 Å². The van der Waals surface area contributed by atoms with Crippen LogP contribution in [0.15, 0.2) is 11.2 Å². The van der Waals surface area contributed by atoms with Crippen LogP contribution in [-0.4, -0.2) is 46.2 Å². The summed E-state index contributed by atoms with van der Waals surface area (Å²) < 4.78 is 27.6. The molecule has 0 aliphatic carbocycles. The van der Waals surface area contributed by atoms with Crippen molar-refractivity contribution in [3.8, 4) is 0 Å². The Bertz CT molecular complexity index is 636. The molecule has 118 valence electrons. The number of carboxylic acid groups (broad SMARTS) is 2. The van der Waals surface area contributed by atoms with Gasteiger partial charge in [-0.3, -0.25) is 9.59 Å². The highest BCUT2D eigenvalue weighted by Crippen LogP contribution is 2.11. The second-order valence-electron chi connectivity index (χ2n) is 4.43. The third kappa shape index (κ3) is 4.53. The number of aryl methyl sites for hydroxylation is 2. The molecular formula is C11H17N3O6S. The summed E-state index contributed by atoms with van der Waals surface area (Å²) in [5.74, 6) is -2.51. The summed E-state index contributed by atoms with van der Waals surface area (Å²) in [6.07, 6.45) is 1.21. The molecule has 0 unspecified atom stereocenters. The highest BCUT2D eigenvalue weighted by molar-refractivity contribution is 7.89. The van der Waals surface area contributed by atoms with E-state index in [2.05, 4.69) is 4.98 Å². The molecule has 10 heteroatoms. The number of aromatic nitrogens is 2. The Morgan fingerprint density at radius 3 is 2.52 bits per heavy atom. The largest absolute Gasteiger partial charge is 0.481 e. The normalized spacial score (nSPS) is 13.0. The Balaban J connectivity index is 3.01. The molecule has 0 fully saturated rings. The maximum absolute atomic E-state index is 12.1. The third-order valence-corrected chi connectivity index (χ3v) is 4.01. The highest BCUT2D eigenvalue weighted by Gasteiger charge is 2.29. The maximum atomic E-state index is 12.1. The van der Waals surface area contributed by atoms with E-state index in [1.54, 1.807) is 11.5 Å². The summed E-state index contributed by atoms with van der Waals surface area (Å²) in [4.78, 5) is 25.3. The topological polar surface area (TPSA) is 139 Å². The molecule has 1 atom stereocenters. The molecule has 0 amide bonds. The van der Waals surface area contributed by atoms with E-state index in [0.717, 1.165) is 6.42 Å². The molecule has 0 spiro atoms. The first-order valence-corrected chi connectivity index (χ1v) is 7.66. The first-order valence-electron chi connectivity index (χ1n) is 6.18. The molecule has 9 nitrogen and oxygen atoms in total. The van der Waals surface area contributed by atoms with Gasteiger partial charge in [0.05, 0.1) is 6.42 Å². The first-order chi connectivity index (χ1) is 9.67. The van der Waals surface area contributed by atoms with Gasteiger partial charge in [0.2, 0.25) is 0 Å². The van der Waals surface area contributed by atoms with Crippen LogP contribution in [0.2, 0.25) is 0 Å². The van der Waals surface area contributed by atoms with Gasteiger partial charge < -0.3 is 14.8 Å². The van der Waals surface area contributed by atoms with Gasteiger partial charge >= 0.3 is 11.9 Å². The van der Waals surface area contributed by atoms with Gasteiger partial charge in [-0.1, -0.05) is 6.92 Å². The van der Waals surface area contributed by atoms with Gasteiger partial charge in [0.1, 0.15) is 11.9 Å². The van der Waals surface area contributed by atoms with Gasteiger partial charge in [-0.25, -0.2) is 13.4 Å². The van der Waals surface area contributed by atoms with Crippen molar-refractivity contribution in [2.24, 2.45) is 0 Å². The van der Waals surface area contributed by atoms with Gasteiger partial charge in [-0.05, 0) is 13.3 Å². The SMILES string of the molecule is CCCn1cc(S(=O)(=O)N[C@H](CC(=O)O)C(=O)O)nc1C. The Morgan fingerprint density at radius 2 is 2.05 bits per heavy atom. The Hall–Kier alpha value is -1.94. The van der Waals surface area contributed by atoms with E-state index in [1.807, 2.05) is 11.6 Å². The van der Waals surface area contributed by atoms with Crippen LogP contribution in [0.3, 0.4) is 0 Å². The molecule has 0 aliphatic rings. The smallest absolute Gasteiger partial charge is 0.322 e. The molecule has 21 heavy (non-hydrogen) atoms. The van der Waals surface area contributed by atoms with E-state index in [0.29, 0.717) is 12.4 Å². The van der Waals surface area contributed by atoms with Crippen molar-refractivity contribution in [3.63, 3.8) is 0 Å². The van der Waals surface area contributed by atoms with Crippen molar-refractivity contribution in [1.82, 2.24) is 14.3 Å². The lowest BCUT2D eigenvalue weighted by Gasteiger charge is -2.11.